The molecule has 0 unspecified atom stereocenters. The maximum atomic E-state index is 12.6. The molecule has 1 aromatic rings. The van der Waals surface area contributed by atoms with Crippen molar-refractivity contribution in [3.05, 3.63) is 23.9 Å². The second-order valence-electron chi connectivity index (χ2n) is 6.60. The molecule has 2 heterocycles. The van der Waals surface area contributed by atoms with Gasteiger partial charge in [-0.15, -0.1) is 0 Å². The van der Waals surface area contributed by atoms with Crippen LogP contribution in [0.3, 0.4) is 0 Å². The predicted molar refractivity (Wildman–Crippen MR) is 89.0 cm³/mol. The second kappa shape index (κ2) is 7.99. The highest BCUT2D eigenvalue weighted by Crippen LogP contribution is 2.21. The lowest BCUT2D eigenvalue weighted by atomic mass is 10.1. The van der Waals surface area contributed by atoms with Crippen molar-refractivity contribution in [1.29, 1.82) is 0 Å². The number of hydrogen-bond acceptors (Lipinski definition) is 5. The van der Waals surface area contributed by atoms with Crippen molar-refractivity contribution < 1.29 is 19.1 Å². The van der Waals surface area contributed by atoms with Crippen LogP contribution in [-0.2, 0) is 4.74 Å². The summed E-state index contributed by atoms with van der Waals surface area (Å²) < 4.78 is 10.9. The van der Waals surface area contributed by atoms with Crippen molar-refractivity contribution in [2.45, 2.75) is 39.8 Å². The zero-order valence-corrected chi connectivity index (χ0v) is 14.6. The normalized spacial score (nSPS) is 14.5. The van der Waals surface area contributed by atoms with Gasteiger partial charge in [0.15, 0.2) is 0 Å². The fourth-order valence-corrected chi connectivity index (χ4v) is 2.18. The quantitative estimate of drug-likeness (QED) is 0.861. The molecule has 0 aromatic carbocycles. The summed E-state index contributed by atoms with van der Waals surface area (Å²) in [5.41, 5.74) is 0.434. The van der Waals surface area contributed by atoms with Gasteiger partial charge in [-0.1, -0.05) is 13.8 Å². The van der Waals surface area contributed by atoms with E-state index in [1.165, 1.54) is 0 Å². The Kier molecular flexibility index (Phi) is 6.00. The van der Waals surface area contributed by atoms with Crippen molar-refractivity contribution >= 4 is 12.0 Å². The number of carbonyl (C=O) groups is 2. The molecule has 1 aliphatic rings. The van der Waals surface area contributed by atoms with Crippen molar-refractivity contribution in [3.63, 3.8) is 0 Å². The number of ether oxygens (including phenoxy) is 2. The van der Waals surface area contributed by atoms with Gasteiger partial charge in [-0.2, -0.15) is 0 Å². The topological polar surface area (TPSA) is 80.8 Å². The van der Waals surface area contributed by atoms with Gasteiger partial charge in [0.25, 0.3) is 5.91 Å². The first kappa shape index (κ1) is 18.0. The number of aromatic nitrogens is 1. The van der Waals surface area contributed by atoms with Gasteiger partial charge in [-0.3, -0.25) is 4.79 Å². The first-order valence-corrected chi connectivity index (χ1v) is 8.21. The molecule has 24 heavy (non-hydrogen) atoms. The van der Waals surface area contributed by atoms with E-state index >= 15 is 0 Å². The van der Waals surface area contributed by atoms with Crippen molar-refractivity contribution in [1.82, 2.24) is 15.2 Å². The van der Waals surface area contributed by atoms with Gasteiger partial charge in [-0.05, 0) is 31.9 Å². The molecule has 0 spiro atoms. The van der Waals surface area contributed by atoms with E-state index in [1.807, 2.05) is 27.7 Å². The van der Waals surface area contributed by atoms with Crippen LogP contribution in [0.4, 0.5) is 4.79 Å². The number of alkyl carbamates (subject to hydrolysis) is 1. The number of nitrogens with one attached hydrogen (secondary N) is 1. The minimum absolute atomic E-state index is 0.0198. The van der Waals surface area contributed by atoms with E-state index in [0.29, 0.717) is 37.1 Å². The van der Waals surface area contributed by atoms with Gasteiger partial charge >= 0.3 is 6.09 Å². The van der Waals surface area contributed by atoms with E-state index in [9.17, 15) is 9.59 Å². The van der Waals surface area contributed by atoms with E-state index < -0.39 is 6.09 Å². The molecule has 0 aliphatic carbocycles. The molecule has 2 amide bonds. The number of likely N-dealkylation sites (tertiary alicyclic amines) is 1. The van der Waals surface area contributed by atoms with E-state index in [-0.39, 0.29) is 18.1 Å². The molecule has 1 N–H and O–H groups in total. The Labute approximate surface area is 142 Å². The number of hydrogen-bond donors (Lipinski definition) is 1. The van der Waals surface area contributed by atoms with Crippen LogP contribution in [0.15, 0.2) is 18.3 Å². The van der Waals surface area contributed by atoms with Crippen LogP contribution in [0.2, 0.25) is 0 Å². The SMILES string of the molecule is CC(C)COc1ncccc1C(=O)N1CC(OC(=O)NC(C)C)C1. The Hall–Kier alpha value is -2.31. The van der Waals surface area contributed by atoms with Gasteiger partial charge in [0, 0.05) is 12.2 Å². The molecule has 0 radical (unpaired) electrons. The fraction of sp³-hybridized carbons (Fsp3) is 0.588. The number of rotatable bonds is 6. The van der Waals surface area contributed by atoms with Gasteiger partial charge in [0.2, 0.25) is 5.88 Å². The number of nitrogens with zero attached hydrogens (tertiary/aromatic N) is 2. The Morgan fingerprint density at radius 3 is 2.67 bits per heavy atom. The maximum absolute atomic E-state index is 12.6. The average molecular weight is 335 g/mol. The number of pyridine rings is 1. The van der Waals surface area contributed by atoms with Gasteiger partial charge in [-0.25, -0.2) is 9.78 Å². The molecule has 1 aliphatic heterocycles. The lowest BCUT2D eigenvalue weighted by Gasteiger charge is -2.38. The van der Waals surface area contributed by atoms with Gasteiger partial charge in [0.1, 0.15) is 11.7 Å². The Morgan fingerprint density at radius 1 is 1.33 bits per heavy atom. The first-order chi connectivity index (χ1) is 11.4. The highest BCUT2D eigenvalue weighted by Gasteiger charge is 2.35. The zero-order chi connectivity index (χ0) is 17.7. The number of carbonyl (C=O) groups excluding carboxylic acids is 2. The monoisotopic (exact) mass is 335 g/mol. The molecule has 1 saturated heterocycles. The summed E-state index contributed by atoms with van der Waals surface area (Å²) >= 11 is 0. The summed E-state index contributed by atoms with van der Waals surface area (Å²) in [6.07, 6.45) is 0.874. The molecule has 1 fully saturated rings. The summed E-state index contributed by atoms with van der Waals surface area (Å²) in [7, 11) is 0. The largest absolute Gasteiger partial charge is 0.477 e. The molecular weight excluding hydrogens is 310 g/mol. The molecule has 2 rings (SSSR count). The van der Waals surface area contributed by atoms with Crippen LogP contribution in [-0.4, -0.2) is 53.7 Å². The van der Waals surface area contributed by atoms with E-state index in [0.717, 1.165) is 0 Å². The lowest BCUT2D eigenvalue weighted by Crippen LogP contribution is -2.56. The second-order valence-corrected chi connectivity index (χ2v) is 6.60. The molecule has 0 bridgehead atoms. The number of amides is 2. The van der Waals surface area contributed by atoms with E-state index in [4.69, 9.17) is 9.47 Å². The molecule has 1 aromatic heterocycles. The Balaban J connectivity index is 1.89. The third kappa shape index (κ3) is 4.84. The molecule has 7 heteroatoms. The van der Waals surface area contributed by atoms with Gasteiger partial charge in [0.05, 0.1) is 19.7 Å². The summed E-state index contributed by atoms with van der Waals surface area (Å²) in [5.74, 6) is 0.528. The van der Waals surface area contributed by atoms with Crippen molar-refractivity contribution in [2.75, 3.05) is 19.7 Å². The Bertz CT molecular complexity index is 583. The van der Waals surface area contributed by atoms with E-state index in [1.54, 1.807) is 23.2 Å². The van der Waals surface area contributed by atoms with Crippen molar-refractivity contribution in [2.24, 2.45) is 5.92 Å². The third-order valence-corrected chi connectivity index (χ3v) is 3.37. The lowest BCUT2D eigenvalue weighted by molar-refractivity contribution is -0.00725. The summed E-state index contributed by atoms with van der Waals surface area (Å²) in [5, 5.41) is 2.66. The summed E-state index contributed by atoms with van der Waals surface area (Å²) in [6, 6.07) is 3.43. The van der Waals surface area contributed by atoms with Crippen LogP contribution in [0.25, 0.3) is 0 Å². The first-order valence-electron chi connectivity index (χ1n) is 8.21. The smallest absolute Gasteiger partial charge is 0.407 e. The van der Waals surface area contributed by atoms with Gasteiger partial charge < -0.3 is 19.7 Å². The van der Waals surface area contributed by atoms with Crippen LogP contribution in [0, 0.1) is 5.92 Å². The summed E-state index contributed by atoms with van der Waals surface area (Å²) in [6.45, 7) is 9.04. The predicted octanol–water partition coefficient (Wildman–Crippen LogP) is 2.08. The molecule has 7 nitrogen and oxygen atoms in total. The highest BCUT2D eigenvalue weighted by atomic mass is 16.6. The van der Waals surface area contributed by atoms with Crippen LogP contribution in [0.1, 0.15) is 38.1 Å². The fourth-order valence-electron chi connectivity index (χ4n) is 2.18. The Morgan fingerprint density at radius 2 is 2.04 bits per heavy atom. The maximum Gasteiger partial charge on any atom is 0.407 e. The third-order valence-electron chi connectivity index (χ3n) is 3.37. The average Bonchev–Trinajstić information content (AvgIpc) is 2.47. The van der Waals surface area contributed by atoms with E-state index in [2.05, 4.69) is 10.3 Å². The molecular formula is C17H25N3O4. The minimum atomic E-state index is -0.454. The minimum Gasteiger partial charge on any atom is -0.477 e. The summed E-state index contributed by atoms with van der Waals surface area (Å²) in [4.78, 5) is 29.9. The van der Waals surface area contributed by atoms with Crippen LogP contribution in [0.5, 0.6) is 5.88 Å². The molecule has 0 saturated carbocycles. The standard InChI is InChI=1S/C17H25N3O4/c1-11(2)10-23-15-14(6-5-7-18-15)16(21)20-8-13(9-20)24-17(22)19-12(3)4/h5-7,11-13H,8-10H2,1-4H3,(H,19,22). The van der Waals surface area contributed by atoms with Crippen LogP contribution < -0.4 is 10.1 Å². The molecule has 0 atom stereocenters. The van der Waals surface area contributed by atoms with Crippen molar-refractivity contribution in [3.8, 4) is 5.88 Å². The highest BCUT2D eigenvalue weighted by molar-refractivity contribution is 5.96. The zero-order valence-electron chi connectivity index (χ0n) is 14.6. The van der Waals surface area contributed by atoms with Crippen LogP contribution >= 0.6 is 0 Å². The molecule has 132 valence electrons.